The predicted octanol–water partition coefficient (Wildman–Crippen LogP) is 1.45. The maximum absolute atomic E-state index is 10.7. The molecule has 0 fully saturated rings. The van der Waals surface area contributed by atoms with Gasteiger partial charge in [-0.2, -0.15) is 0 Å². The van der Waals surface area contributed by atoms with Crippen molar-refractivity contribution in [1.29, 1.82) is 0 Å². The molecule has 1 aromatic carbocycles. The smallest absolute Gasteiger partial charge is 0.337 e. The van der Waals surface area contributed by atoms with E-state index < -0.39 is 5.97 Å². The van der Waals surface area contributed by atoms with Gasteiger partial charge in [0, 0.05) is 17.1 Å². The number of fused-ring (bicyclic) bond motifs is 1. The summed E-state index contributed by atoms with van der Waals surface area (Å²) in [5, 5.41) is 9.52. The molecule has 0 aliphatic heterocycles. The lowest BCUT2D eigenvalue weighted by atomic mass is 10.1. The number of nitrogen functional groups attached to an aromatic ring is 1. The summed E-state index contributed by atoms with van der Waals surface area (Å²) in [5.41, 5.74) is 6.97. The van der Waals surface area contributed by atoms with Crippen molar-refractivity contribution < 1.29 is 9.90 Å². The van der Waals surface area contributed by atoms with E-state index in [4.69, 9.17) is 10.8 Å². The van der Waals surface area contributed by atoms with Crippen molar-refractivity contribution in [3.8, 4) is 0 Å². The molecule has 0 unspecified atom stereocenters. The summed E-state index contributed by atoms with van der Waals surface area (Å²) in [4.78, 5) is 13.7. The number of carboxylic acids is 1. The summed E-state index contributed by atoms with van der Waals surface area (Å²) in [6.07, 6.45) is 1.73. The van der Waals surface area contributed by atoms with Crippen molar-refractivity contribution in [2.45, 2.75) is 0 Å². The molecule has 0 saturated carbocycles. The second-order valence-corrected chi connectivity index (χ2v) is 2.77. The molecule has 0 aliphatic carbocycles. The van der Waals surface area contributed by atoms with Crippen LogP contribution >= 0.6 is 0 Å². The van der Waals surface area contributed by atoms with E-state index in [1.54, 1.807) is 18.3 Å². The SMILES string of the molecule is Nc1c(C(=O)O)ccc2[nH]ccc12. The first kappa shape index (κ1) is 7.67. The fraction of sp³-hybridized carbons (Fsp3) is 0. The first-order valence-corrected chi connectivity index (χ1v) is 3.79. The number of hydrogen-bond donors (Lipinski definition) is 3. The summed E-state index contributed by atoms with van der Waals surface area (Å²) >= 11 is 0. The topological polar surface area (TPSA) is 79.1 Å². The fourth-order valence-corrected chi connectivity index (χ4v) is 1.34. The van der Waals surface area contributed by atoms with E-state index in [2.05, 4.69) is 4.98 Å². The molecule has 4 nitrogen and oxygen atoms in total. The Kier molecular flexibility index (Phi) is 1.48. The van der Waals surface area contributed by atoms with Gasteiger partial charge in [-0.05, 0) is 18.2 Å². The quantitative estimate of drug-likeness (QED) is 0.575. The van der Waals surface area contributed by atoms with E-state index >= 15 is 0 Å². The minimum absolute atomic E-state index is 0.145. The Morgan fingerprint density at radius 1 is 1.38 bits per heavy atom. The largest absolute Gasteiger partial charge is 0.478 e. The van der Waals surface area contributed by atoms with Crippen LogP contribution in [0.4, 0.5) is 5.69 Å². The number of aromatic carboxylic acids is 1. The highest BCUT2D eigenvalue weighted by molar-refractivity contribution is 6.04. The van der Waals surface area contributed by atoms with Crippen LogP contribution in [-0.4, -0.2) is 16.1 Å². The Balaban J connectivity index is 2.80. The lowest BCUT2D eigenvalue weighted by Gasteiger charge is -2.00. The average molecular weight is 176 g/mol. The monoisotopic (exact) mass is 176 g/mol. The van der Waals surface area contributed by atoms with Gasteiger partial charge < -0.3 is 15.8 Å². The fourth-order valence-electron chi connectivity index (χ4n) is 1.34. The third-order valence-electron chi connectivity index (χ3n) is 2.01. The average Bonchev–Trinajstić information content (AvgIpc) is 2.52. The van der Waals surface area contributed by atoms with E-state index in [-0.39, 0.29) is 5.56 Å². The van der Waals surface area contributed by atoms with Crippen LogP contribution in [0.5, 0.6) is 0 Å². The molecule has 2 aromatic rings. The number of carboxylic acid groups (broad SMARTS) is 1. The highest BCUT2D eigenvalue weighted by Crippen LogP contribution is 2.23. The number of benzene rings is 1. The van der Waals surface area contributed by atoms with Gasteiger partial charge in [-0.1, -0.05) is 0 Å². The molecule has 0 saturated heterocycles. The molecular weight excluding hydrogens is 168 g/mol. The summed E-state index contributed by atoms with van der Waals surface area (Å²) in [7, 11) is 0. The molecule has 1 aromatic heterocycles. The van der Waals surface area contributed by atoms with Crippen LogP contribution in [0.15, 0.2) is 24.4 Å². The highest BCUT2D eigenvalue weighted by atomic mass is 16.4. The Hall–Kier alpha value is -1.97. The standard InChI is InChI=1S/C9H8N2O2/c10-8-5-3-4-11-7(5)2-1-6(8)9(12)13/h1-4,11H,10H2,(H,12,13). The van der Waals surface area contributed by atoms with Gasteiger partial charge in [-0.15, -0.1) is 0 Å². The first-order chi connectivity index (χ1) is 6.20. The number of aromatic amines is 1. The van der Waals surface area contributed by atoms with Gasteiger partial charge in [-0.3, -0.25) is 0 Å². The number of anilines is 1. The van der Waals surface area contributed by atoms with Crippen molar-refractivity contribution >= 4 is 22.6 Å². The summed E-state index contributed by atoms with van der Waals surface area (Å²) < 4.78 is 0. The molecule has 0 aliphatic rings. The molecule has 0 bridgehead atoms. The number of nitrogens with two attached hydrogens (primary N) is 1. The number of H-pyrrole nitrogens is 1. The van der Waals surface area contributed by atoms with Crippen LogP contribution in [0.2, 0.25) is 0 Å². The Bertz CT molecular complexity index is 473. The second kappa shape index (κ2) is 2.52. The van der Waals surface area contributed by atoms with Crippen LogP contribution in [0, 0.1) is 0 Å². The van der Waals surface area contributed by atoms with Gasteiger partial charge in [0.05, 0.1) is 11.3 Å². The van der Waals surface area contributed by atoms with Gasteiger partial charge in [-0.25, -0.2) is 4.79 Å². The number of nitrogens with one attached hydrogen (secondary N) is 1. The minimum atomic E-state index is -0.999. The van der Waals surface area contributed by atoms with E-state index in [1.807, 2.05) is 0 Å². The van der Waals surface area contributed by atoms with Crippen LogP contribution in [0.25, 0.3) is 10.9 Å². The van der Waals surface area contributed by atoms with Gasteiger partial charge in [0.2, 0.25) is 0 Å². The maximum Gasteiger partial charge on any atom is 0.337 e. The first-order valence-electron chi connectivity index (χ1n) is 3.79. The van der Waals surface area contributed by atoms with E-state index in [9.17, 15) is 4.79 Å². The molecule has 13 heavy (non-hydrogen) atoms. The van der Waals surface area contributed by atoms with Crippen LogP contribution in [0.1, 0.15) is 10.4 Å². The zero-order chi connectivity index (χ0) is 9.42. The molecule has 66 valence electrons. The van der Waals surface area contributed by atoms with Gasteiger partial charge in [0.1, 0.15) is 0 Å². The van der Waals surface area contributed by atoms with E-state index in [0.29, 0.717) is 5.69 Å². The highest BCUT2D eigenvalue weighted by Gasteiger charge is 2.10. The van der Waals surface area contributed by atoms with Gasteiger partial charge in [0.15, 0.2) is 0 Å². The normalized spacial score (nSPS) is 10.5. The third kappa shape index (κ3) is 1.03. The molecule has 0 atom stereocenters. The molecule has 0 spiro atoms. The molecule has 4 heteroatoms. The second-order valence-electron chi connectivity index (χ2n) is 2.77. The van der Waals surface area contributed by atoms with Crippen molar-refractivity contribution in [2.75, 3.05) is 5.73 Å². The zero-order valence-corrected chi connectivity index (χ0v) is 6.74. The van der Waals surface area contributed by atoms with Crippen molar-refractivity contribution in [1.82, 2.24) is 4.98 Å². The Morgan fingerprint density at radius 3 is 2.85 bits per heavy atom. The Morgan fingerprint density at radius 2 is 2.15 bits per heavy atom. The Labute approximate surface area is 74.0 Å². The van der Waals surface area contributed by atoms with Gasteiger partial charge in [0.25, 0.3) is 0 Å². The summed E-state index contributed by atoms with van der Waals surface area (Å²) in [5.74, 6) is -0.999. The zero-order valence-electron chi connectivity index (χ0n) is 6.74. The lowest BCUT2D eigenvalue weighted by molar-refractivity contribution is 0.0698. The number of hydrogen-bond acceptors (Lipinski definition) is 2. The number of rotatable bonds is 1. The third-order valence-corrected chi connectivity index (χ3v) is 2.01. The minimum Gasteiger partial charge on any atom is -0.478 e. The van der Waals surface area contributed by atoms with E-state index in [1.165, 1.54) is 6.07 Å². The van der Waals surface area contributed by atoms with Crippen molar-refractivity contribution in [3.05, 3.63) is 30.0 Å². The summed E-state index contributed by atoms with van der Waals surface area (Å²) in [6.45, 7) is 0. The molecule has 0 amide bonds. The molecule has 1 heterocycles. The lowest BCUT2D eigenvalue weighted by Crippen LogP contribution is -2.01. The molecule has 4 N–H and O–H groups in total. The van der Waals surface area contributed by atoms with Crippen molar-refractivity contribution in [3.63, 3.8) is 0 Å². The van der Waals surface area contributed by atoms with Crippen LogP contribution in [-0.2, 0) is 0 Å². The number of aromatic nitrogens is 1. The predicted molar refractivity (Wildman–Crippen MR) is 49.7 cm³/mol. The maximum atomic E-state index is 10.7. The molecular formula is C9H8N2O2. The van der Waals surface area contributed by atoms with Crippen LogP contribution in [0.3, 0.4) is 0 Å². The van der Waals surface area contributed by atoms with Crippen molar-refractivity contribution in [2.24, 2.45) is 0 Å². The van der Waals surface area contributed by atoms with Gasteiger partial charge >= 0.3 is 5.97 Å². The molecule has 0 radical (unpaired) electrons. The summed E-state index contributed by atoms with van der Waals surface area (Å²) in [6, 6.07) is 4.96. The van der Waals surface area contributed by atoms with Crippen LogP contribution < -0.4 is 5.73 Å². The van der Waals surface area contributed by atoms with E-state index in [0.717, 1.165) is 10.9 Å². The molecule has 2 rings (SSSR count). The number of carbonyl (C=O) groups is 1.